The number of rotatable bonds is 3. The highest BCUT2D eigenvalue weighted by atomic mass is 19.4. The van der Waals surface area contributed by atoms with Gasteiger partial charge in [0.2, 0.25) is 0 Å². The summed E-state index contributed by atoms with van der Waals surface area (Å²) < 4.78 is 38.3. The zero-order valence-electron chi connectivity index (χ0n) is 13.7. The first-order valence-electron chi connectivity index (χ1n) is 7.68. The number of carbonyl (C=O) groups is 1. The average Bonchev–Trinajstić information content (AvgIpc) is 2.89. The Bertz CT molecular complexity index is 953. The van der Waals surface area contributed by atoms with Gasteiger partial charge in [-0.15, -0.1) is 0 Å². The lowest BCUT2D eigenvalue weighted by molar-refractivity contribution is -0.138. The van der Waals surface area contributed by atoms with Crippen molar-refractivity contribution in [1.82, 2.24) is 4.98 Å². The van der Waals surface area contributed by atoms with Crippen LogP contribution < -0.4 is 0 Å². The van der Waals surface area contributed by atoms with Gasteiger partial charge in [-0.05, 0) is 48.2 Å². The van der Waals surface area contributed by atoms with Crippen molar-refractivity contribution in [1.29, 1.82) is 0 Å². The number of hydrogen-bond donors (Lipinski definition) is 2. The molecule has 6 heteroatoms. The molecule has 0 fully saturated rings. The zero-order chi connectivity index (χ0) is 18.4. The van der Waals surface area contributed by atoms with E-state index in [0.29, 0.717) is 16.8 Å². The Balaban J connectivity index is 2.21. The van der Waals surface area contributed by atoms with Crippen LogP contribution in [0.1, 0.15) is 22.3 Å². The van der Waals surface area contributed by atoms with Crippen LogP contribution in [0.4, 0.5) is 13.2 Å². The highest BCUT2D eigenvalue weighted by Crippen LogP contribution is 2.35. The zero-order valence-corrected chi connectivity index (χ0v) is 13.7. The third kappa shape index (κ3) is 3.12. The molecule has 130 valence electrons. The van der Waals surface area contributed by atoms with Crippen molar-refractivity contribution >= 4 is 16.9 Å². The van der Waals surface area contributed by atoms with Crippen LogP contribution in [-0.2, 0) is 17.4 Å². The fourth-order valence-corrected chi connectivity index (χ4v) is 2.97. The summed E-state index contributed by atoms with van der Waals surface area (Å²) in [7, 11) is 0. The Morgan fingerprint density at radius 2 is 1.72 bits per heavy atom. The Morgan fingerprint density at radius 3 is 2.28 bits per heavy atom. The van der Waals surface area contributed by atoms with E-state index in [4.69, 9.17) is 0 Å². The number of aliphatic carboxylic acids is 1. The van der Waals surface area contributed by atoms with Crippen LogP contribution in [0.5, 0.6) is 0 Å². The molecule has 0 aliphatic heterocycles. The lowest BCUT2D eigenvalue weighted by Crippen LogP contribution is -2.04. The monoisotopic (exact) mass is 347 g/mol. The molecule has 1 heterocycles. The van der Waals surface area contributed by atoms with Crippen molar-refractivity contribution in [3.8, 4) is 11.3 Å². The fourth-order valence-electron chi connectivity index (χ4n) is 2.97. The molecule has 2 N–H and O–H groups in total. The van der Waals surface area contributed by atoms with Gasteiger partial charge < -0.3 is 10.1 Å². The smallest absolute Gasteiger partial charge is 0.416 e. The van der Waals surface area contributed by atoms with Crippen molar-refractivity contribution in [3.63, 3.8) is 0 Å². The van der Waals surface area contributed by atoms with Crippen LogP contribution in [0.25, 0.3) is 22.2 Å². The first-order valence-corrected chi connectivity index (χ1v) is 7.68. The number of carboxylic acids is 1. The number of alkyl halides is 3. The summed E-state index contributed by atoms with van der Waals surface area (Å²) in [5.41, 5.74) is 3.75. The molecule has 0 amide bonds. The summed E-state index contributed by atoms with van der Waals surface area (Å²) in [4.78, 5) is 14.5. The minimum Gasteiger partial charge on any atom is -0.481 e. The lowest BCUT2D eigenvalue weighted by atomic mass is 9.99. The van der Waals surface area contributed by atoms with Gasteiger partial charge in [0.05, 0.1) is 17.7 Å². The van der Waals surface area contributed by atoms with Crippen LogP contribution in [0, 0.1) is 13.8 Å². The number of aryl methyl sites for hydroxylation is 2. The van der Waals surface area contributed by atoms with Crippen LogP contribution in [-0.4, -0.2) is 16.1 Å². The van der Waals surface area contributed by atoms with Crippen molar-refractivity contribution in [2.24, 2.45) is 0 Å². The number of hydrogen-bond acceptors (Lipinski definition) is 1. The van der Waals surface area contributed by atoms with E-state index in [-0.39, 0.29) is 6.42 Å². The molecule has 3 aromatic rings. The maximum Gasteiger partial charge on any atom is 0.416 e. The SMILES string of the molecule is Cc1ccc2c(CC(=O)O)c(-c3ccc(C(F)(F)F)cc3)[nH]c2c1C. The molecule has 2 aromatic carbocycles. The average molecular weight is 347 g/mol. The molecule has 0 bridgehead atoms. The Kier molecular flexibility index (Phi) is 4.06. The first kappa shape index (κ1) is 17.1. The number of carboxylic acid groups (broad SMARTS) is 1. The molecule has 0 spiro atoms. The van der Waals surface area contributed by atoms with Crippen LogP contribution in [0.2, 0.25) is 0 Å². The number of benzene rings is 2. The van der Waals surface area contributed by atoms with E-state index in [1.807, 2.05) is 26.0 Å². The fraction of sp³-hybridized carbons (Fsp3) is 0.211. The maximum atomic E-state index is 12.8. The predicted molar refractivity (Wildman–Crippen MR) is 89.6 cm³/mol. The molecule has 0 saturated heterocycles. The van der Waals surface area contributed by atoms with Crippen molar-refractivity contribution < 1.29 is 23.1 Å². The summed E-state index contributed by atoms with van der Waals surface area (Å²) in [6, 6.07) is 8.49. The van der Waals surface area contributed by atoms with E-state index in [9.17, 15) is 23.1 Å². The van der Waals surface area contributed by atoms with Crippen LogP contribution in [0.15, 0.2) is 36.4 Å². The lowest BCUT2D eigenvalue weighted by Gasteiger charge is -2.08. The molecule has 0 aliphatic carbocycles. The van der Waals surface area contributed by atoms with Gasteiger partial charge in [-0.25, -0.2) is 0 Å². The van der Waals surface area contributed by atoms with Gasteiger partial charge in [0.1, 0.15) is 0 Å². The standard InChI is InChI=1S/C19H16F3NO2/c1-10-3-8-14-15(9-16(24)25)18(23-17(14)11(10)2)12-4-6-13(7-5-12)19(20,21)22/h3-8,23H,9H2,1-2H3,(H,24,25). The second-order valence-corrected chi connectivity index (χ2v) is 6.05. The molecule has 0 radical (unpaired) electrons. The van der Waals surface area contributed by atoms with Crippen molar-refractivity contribution in [3.05, 3.63) is 58.7 Å². The van der Waals surface area contributed by atoms with Gasteiger partial charge in [0.25, 0.3) is 0 Å². The topological polar surface area (TPSA) is 53.1 Å². The molecule has 3 nitrogen and oxygen atoms in total. The number of H-pyrrole nitrogens is 1. The third-order valence-electron chi connectivity index (χ3n) is 4.44. The molecule has 0 atom stereocenters. The van der Waals surface area contributed by atoms with Gasteiger partial charge >= 0.3 is 12.1 Å². The summed E-state index contributed by atoms with van der Waals surface area (Å²) >= 11 is 0. The van der Waals surface area contributed by atoms with E-state index < -0.39 is 17.7 Å². The number of nitrogens with one attached hydrogen (secondary N) is 1. The van der Waals surface area contributed by atoms with E-state index >= 15 is 0 Å². The Hall–Kier alpha value is -2.76. The van der Waals surface area contributed by atoms with E-state index in [1.165, 1.54) is 12.1 Å². The minimum absolute atomic E-state index is 0.209. The number of aromatic amines is 1. The van der Waals surface area contributed by atoms with E-state index in [0.717, 1.165) is 34.2 Å². The molecule has 25 heavy (non-hydrogen) atoms. The maximum absolute atomic E-state index is 12.8. The van der Waals surface area contributed by atoms with Crippen molar-refractivity contribution in [2.75, 3.05) is 0 Å². The minimum atomic E-state index is -4.41. The second kappa shape index (κ2) is 5.95. The van der Waals surface area contributed by atoms with Crippen LogP contribution in [0.3, 0.4) is 0 Å². The van der Waals surface area contributed by atoms with Crippen molar-refractivity contribution in [2.45, 2.75) is 26.4 Å². The summed E-state index contributed by atoms with van der Waals surface area (Å²) in [5.74, 6) is -0.993. The molecule has 0 saturated carbocycles. The normalized spacial score (nSPS) is 11.9. The van der Waals surface area contributed by atoms with Crippen LogP contribution >= 0.6 is 0 Å². The summed E-state index contributed by atoms with van der Waals surface area (Å²) in [5, 5.41) is 10.0. The molecular formula is C19H16F3NO2. The first-order chi connectivity index (χ1) is 11.7. The number of fused-ring (bicyclic) bond motifs is 1. The highest BCUT2D eigenvalue weighted by molar-refractivity contribution is 5.96. The van der Waals surface area contributed by atoms with E-state index in [2.05, 4.69) is 4.98 Å². The third-order valence-corrected chi connectivity index (χ3v) is 4.44. The molecule has 0 unspecified atom stereocenters. The van der Waals surface area contributed by atoms with Gasteiger partial charge in [-0.1, -0.05) is 24.3 Å². The van der Waals surface area contributed by atoms with Gasteiger partial charge in [-0.3, -0.25) is 4.79 Å². The Morgan fingerprint density at radius 1 is 1.08 bits per heavy atom. The predicted octanol–water partition coefficient (Wildman–Crippen LogP) is 5.10. The molecule has 1 aromatic heterocycles. The molecular weight excluding hydrogens is 331 g/mol. The largest absolute Gasteiger partial charge is 0.481 e. The van der Waals surface area contributed by atoms with E-state index in [1.54, 1.807) is 0 Å². The quantitative estimate of drug-likeness (QED) is 0.693. The molecule has 0 aliphatic rings. The number of halogens is 3. The van der Waals surface area contributed by atoms with Gasteiger partial charge in [-0.2, -0.15) is 13.2 Å². The Labute approximate surface area is 142 Å². The highest BCUT2D eigenvalue weighted by Gasteiger charge is 2.30. The summed E-state index contributed by atoms with van der Waals surface area (Å²) in [6.45, 7) is 3.87. The summed E-state index contributed by atoms with van der Waals surface area (Å²) in [6.07, 6.45) is -4.62. The number of aromatic nitrogens is 1. The van der Waals surface area contributed by atoms with Gasteiger partial charge in [0, 0.05) is 10.9 Å². The second-order valence-electron chi connectivity index (χ2n) is 6.05. The molecule has 3 rings (SSSR count). The van der Waals surface area contributed by atoms with Gasteiger partial charge in [0.15, 0.2) is 0 Å².